The van der Waals surface area contributed by atoms with E-state index in [-0.39, 0.29) is 0 Å². The van der Waals surface area contributed by atoms with E-state index in [0.29, 0.717) is 17.5 Å². The molecule has 10 rings (SSSR count). The summed E-state index contributed by atoms with van der Waals surface area (Å²) in [5.74, 6) is 1.85. The summed E-state index contributed by atoms with van der Waals surface area (Å²) in [4.78, 5) is 15.2. The molecule has 3 aromatic heterocycles. The Morgan fingerprint density at radius 1 is 0.360 bits per heavy atom. The van der Waals surface area contributed by atoms with Gasteiger partial charge < -0.3 is 4.42 Å². The average molecular weight is 658 g/mol. The number of furan rings is 1. The van der Waals surface area contributed by atoms with E-state index < -0.39 is 0 Å². The van der Waals surface area contributed by atoms with E-state index in [2.05, 4.69) is 103 Å². The minimum Gasteiger partial charge on any atom is -0.456 e. The Labute approximate surface area is 292 Å². The molecule has 0 spiro atoms. The second kappa shape index (κ2) is 11.6. The van der Waals surface area contributed by atoms with Crippen molar-refractivity contribution in [1.29, 1.82) is 0 Å². The van der Waals surface area contributed by atoms with Gasteiger partial charge in [0, 0.05) is 47.6 Å². The standard InChI is InChI=1S/C45H27N3OS/c1-2-11-28(12-3-1)43-46-44(48-45(47-43)37-19-10-21-39-42(37)36-18-4-6-20-38(36)49-39)33-16-9-15-31(26-33)29-13-8-14-30(25-29)32-23-24-35-34-17-5-7-22-40(34)50-41(35)27-32/h1-27H. The Bertz CT molecular complexity index is 2890. The molecule has 4 nitrogen and oxygen atoms in total. The van der Waals surface area contributed by atoms with E-state index in [0.717, 1.165) is 49.8 Å². The van der Waals surface area contributed by atoms with Crippen LogP contribution in [0.2, 0.25) is 0 Å². The fourth-order valence-corrected chi connectivity index (χ4v) is 8.07. The van der Waals surface area contributed by atoms with Crippen LogP contribution in [0.3, 0.4) is 0 Å². The lowest BCUT2D eigenvalue weighted by Gasteiger charge is -2.11. The van der Waals surface area contributed by atoms with Gasteiger partial charge in [0.2, 0.25) is 0 Å². The highest BCUT2D eigenvalue weighted by atomic mass is 32.1. The highest BCUT2D eigenvalue weighted by Crippen LogP contribution is 2.39. The Kier molecular flexibility index (Phi) is 6.64. The van der Waals surface area contributed by atoms with Crippen LogP contribution in [0.5, 0.6) is 0 Å². The third-order valence-corrected chi connectivity index (χ3v) is 10.5. The van der Waals surface area contributed by atoms with Crippen LogP contribution in [0.15, 0.2) is 168 Å². The summed E-state index contributed by atoms with van der Waals surface area (Å²) in [5, 5.41) is 4.66. The van der Waals surface area contributed by atoms with Crippen LogP contribution in [0.4, 0.5) is 0 Å². The number of benzene rings is 7. The zero-order chi connectivity index (χ0) is 33.0. The third-order valence-electron chi connectivity index (χ3n) is 9.34. The van der Waals surface area contributed by atoms with Gasteiger partial charge in [0.15, 0.2) is 17.5 Å². The minimum absolute atomic E-state index is 0.607. The molecule has 10 aromatic rings. The predicted molar refractivity (Wildman–Crippen MR) is 207 cm³/mol. The van der Waals surface area contributed by atoms with E-state index in [1.54, 1.807) is 0 Å². The molecule has 5 heteroatoms. The summed E-state index contributed by atoms with van der Waals surface area (Å²) in [7, 11) is 0. The zero-order valence-corrected chi connectivity index (χ0v) is 27.6. The second-order valence-corrected chi connectivity index (χ2v) is 13.5. The lowest BCUT2D eigenvalue weighted by molar-refractivity contribution is 0.669. The summed E-state index contributed by atoms with van der Waals surface area (Å²) in [6.07, 6.45) is 0. The number of aromatic nitrogens is 3. The van der Waals surface area contributed by atoms with Crippen molar-refractivity contribution in [3.63, 3.8) is 0 Å². The first-order valence-corrected chi connectivity index (χ1v) is 17.4. The van der Waals surface area contributed by atoms with Crippen LogP contribution in [0.25, 0.3) is 98.5 Å². The first-order valence-electron chi connectivity index (χ1n) is 16.6. The molecule has 0 atom stereocenters. The van der Waals surface area contributed by atoms with Crippen LogP contribution in [-0.4, -0.2) is 15.0 Å². The molecule has 0 aliphatic heterocycles. The van der Waals surface area contributed by atoms with Gasteiger partial charge in [-0.2, -0.15) is 0 Å². The molecule has 0 saturated carbocycles. The van der Waals surface area contributed by atoms with Crippen molar-refractivity contribution >= 4 is 53.4 Å². The third kappa shape index (κ3) is 4.87. The molecule has 0 radical (unpaired) electrons. The van der Waals surface area contributed by atoms with Crippen LogP contribution >= 0.6 is 11.3 Å². The fourth-order valence-electron chi connectivity index (χ4n) is 6.92. The molecule has 0 aliphatic carbocycles. The van der Waals surface area contributed by atoms with Crippen molar-refractivity contribution < 1.29 is 4.42 Å². The topological polar surface area (TPSA) is 51.8 Å². The highest BCUT2D eigenvalue weighted by Gasteiger charge is 2.18. The molecular weight excluding hydrogens is 631 g/mol. The quantitative estimate of drug-likeness (QED) is 0.185. The number of hydrogen-bond donors (Lipinski definition) is 0. The maximum Gasteiger partial charge on any atom is 0.164 e. The van der Waals surface area contributed by atoms with Crippen LogP contribution < -0.4 is 0 Å². The van der Waals surface area contributed by atoms with Gasteiger partial charge in [-0.1, -0.05) is 127 Å². The molecule has 0 fully saturated rings. The number of nitrogens with zero attached hydrogens (tertiary/aromatic N) is 3. The molecule has 0 saturated heterocycles. The van der Waals surface area contributed by atoms with Gasteiger partial charge in [-0.15, -0.1) is 11.3 Å². The number of para-hydroxylation sites is 1. The Morgan fingerprint density at radius 3 is 1.74 bits per heavy atom. The van der Waals surface area contributed by atoms with Gasteiger partial charge in [0.25, 0.3) is 0 Å². The smallest absolute Gasteiger partial charge is 0.164 e. The predicted octanol–water partition coefficient (Wildman–Crippen LogP) is 12.5. The molecule has 3 heterocycles. The molecule has 0 amide bonds. The number of rotatable bonds is 5. The van der Waals surface area contributed by atoms with Crippen LogP contribution in [0.1, 0.15) is 0 Å². The Balaban J connectivity index is 1.09. The maximum absolute atomic E-state index is 6.21. The Hall–Kier alpha value is -6.43. The zero-order valence-electron chi connectivity index (χ0n) is 26.7. The van der Waals surface area contributed by atoms with E-state index in [1.807, 2.05) is 72.0 Å². The van der Waals surface area contributed by atoms with Crippen molar-refractivity contribution in [2.45, 2.75) is 0 Å². The van der Waals surface area contributed by atoms with Crippen molar-refractivity contribution in [2.24, 2.45) is 0 Å². The van der Waals surface area contributed by atoms with Gasteiger partial charge in [-0.25, -0.2) is 15.0 Å². The van der Waals surface area contributed by atoms with Gasteiger partial charge in [-0.05, 0) is 58.7 Å². The summed E-state index contributed by atoms with van der Waals surface area (Å²) in [6, 6.07) is 56.9. The lowest BCUT2D eigenvalue weighted by Crippen LogP contribution is -2.00. The molecule has 0 aliphatic rings. The Morgan fingerprint density at radius 2 is 0.920 bits per heavy atom. The van der Waals surface area contributed by atoms with Crippen molar-refractivity contribution in [2.75, 3.05) is 0 Å². The van der Waals surface area contributed by atoms with Crippen LogP contribution in [0, 0.1) is 0 Å². The first-order chi connectivity index (χ1) is 24.7. The van der Waals surface area contributed by atoms with Crippen molar-refractivity contribution in [3.05, 3.63) is 164 Å². The number of hydrogen-bond acceptors (Lipinski definition) is 5. The lowest BCUT2D eigenvalue weighted by atomic mass is 9.97. The molecule has 50 heavy (non-hydrogen) atoms. The molecular formula is C45H27N3OS. The van der Waals surface area contributed by atoms with Gasteiger partial charge >= 0.3 is 0 Å². The van der Waals surface area contributed by atoms with Gasteiger partial charge in [-0.3, -0.25) is 0 Å². The number of thiophene rings is 1. The van der Waals surface area contributed by atoms with Crippen molar-refractivity contribution in [1.82, 2.24) is 15.0 Å². The largest absolute Gasteiger partial charge is 0.456 e. The van der Waals surface area contributed by atoms with E-state index in [9.17, 15) is 0 Å². The summed E-state index contributed by atoms with van der Waals surface area (Å²) >= 11 is 1.85. The SMILES string of the molecule is c1ccc(-c2nc(-c3cccc(-c4cccc(-c5ccc6c(c5)sc5ccccc56)c4)c3)nc(-c3cccc4oc5ccccc5c34)n2)cc1. The molecule has 0 N–H and O–H groups in total. The van der Waals surface area contributed by atoms with Gasteiger partial charge in [0.05, 0.1) is 0 Å². The van der Waals surface area contributed by atoms with E-state index >= 15 is 0 Å². The summed E-state index contributed by atoms with van der Waals surface area (Å²) in [5.41, 5.74) is 9.02. The average Bonchev–Trinajstić information content (AvgIpc) is 3.76. The number of fused-ring (bicyclic) bond motifs is 6. The molecule has 7 aromatic carbocycles. The second-order valence-electron chi connectivity index (χ2n) is 12.4. The molecule has 234 valence electrons. The summed E-state index contributed by atoms with van der Waals surface area (Å²) in [6.45, 7) is 0. The summed E-state index contributed by atoms with van der Waals surface area (Å²) < 4.78 is 8.83. The first kappa shape index (κ1) is 28.6. The normalized spacial score (nSPS) is 11.6. The molecule has 0 unspecified atom stereocenters. The highest BCUT2D eigenvalue weighted by molar-refractivity contribution is 7.25. The van der Waals surface area contributed by atoms with Gasteiger partial charge in [0.1, 0.15) is 11.2 Å². The molecule has 0 bridgehead atoms. The minimum atomic E-state index is 0.607. The van der Waals surface area contributed by atoms with Crippen molar-refractivity contribution in [3.8, 4) is 56.4 Å². The monoisotopic (exact) mass is 657 g/mol. The van der Waals surface area contributed by atoms with E-state index in [1.165, 1.54) is 31.3 Å². The fraction of sp³-hybridized carbons (Fsp3) is 0. The maximum atomic E-state index is 6.21. The van der Waals surface area contributed by atoms with Crippen LogP contribution in [-0.2, 0) is 0 Å². The van der Waals surface area contributed by atoms with E-state index in [4.69, 9.17) is 19.4 Å².